The molecule has 0 spiro atoms. The third kappa shape index (κ3) is 4.81. The first-order chi connectivity index (χ1) is 15.0. The predicted octanol–water partition coefficient (Wildman–Crippen LogP) is 5.85. The molecular formula is C24H29N3O2S2. The van der Waals surface area contributed by atoms with Crippen LogP contribution in [0.5, 0.6) is 0 Å². The van der Waals surface area contributed by atoms with E-state index >= 15 is 0 Å². The van der Waals surface area contributed by atoms with E-state index in [1.54, 1.807) is 0 Å². The molecular weight excluding hydrogens is 426 g/mol. The monoisotopic (exact) mass is 455 g/mol. The SMILES string of the molecule is CCCCCCc1ccccc1C(=S)OC1CN(C)C[N+]1([O-])c1nc2ccccc2s1. The average Bonchev–Trinajstić information content (AvgIpc) is 3.33. The number of fused-ring (bicyclic) bond motifs is 1. The number of hydrogen-bond acceptors (Lipinski definition) is 6. The molecule has 2 atom stereocenters. The highest BCUT2D eigenvalue weighted by Gasteiger charge is 2.44. The van der Waals surface area contributed by atoms with Gasteiger partial charge in [0.05, 0.1) is 16.8 Å². The zero-order valence-corrected chi connectivity index (χ0v) is 19.8. The van der Waals surface area contributed by atoms with E-state index in [0.717, 1.165) is 28.6 Å². The Balaban J connectivity index is 1.54. The number of thiazole rings is 1. The summed E-state index contributed by atoms with van der Waals surface area (Å²) in [6.45, 7) is 3.03. The van der Waals surface area contributed by atoms with Crippen molar-refractivity contribution >= 4 is 44.0 Å². The number of thiocarbonyl (C=S) groups is 1. The minimum absolute atomic E-state index is 0.297. The normalized spacial score (nSPS) is 21.6. The van der Waals surface area contributed by atoms with Gasteiger partial charge < -0.3 is 9.94 Å². The van der Waals surface area contributed by atoms with E-state index in [4.69, 9.17) is 17.0 Å². The summed E-state index contributed by atoms with van der Waals surface area (Å²) >= 11 is 7.13. The van der Waals surface area contributed by atoms with Crippen molar-refractivity contribution in [2.45, 2.75) is 45.3 Å². The summed E-state index contributed by atoms with van der Waals surface area (Å²) in [5.41, 5.74) is 2.97. The molecule has 0 bridgehead atoms. The topological polar surface area (TPSA) is 48.4 Å². The summed E-state index contributed by atoms with van der Waals surface area (Å²) in [5, 5.41) is 14.9. The van der Waals surface area contributed by atoms with Crippen LogP contribution in [0.15, 0.2) is 48.5 Å². The summed E-state index contributed by atoms with van der Waals surface area (Å²) in [4.78, 5) is 6.62. The van der Waals surface area contributed by atoms with E-state index in [1.807, 2.05) is 54.4 Å². The first-order valence-electron chi connectivity index (χ1n) is 10.9. The third-order valence-electron chi connectivity index (χ3n) is 5.77. The van der Waals surface area contributed by atoms with Crippen LogP contribution in [0.3, 0.4) is 0 Å². The second-order valence-corrected chi connectivity index (χ2v) is 9.65. The maximum atomic E-state index is 14.0. The predicted molar refractivity (Wildman–Crippen MR) is 133 cm³/mol. The Morgan fingerprint density at radius 1 is 1.19 bits per heavy atom. The Morgan fingerprint density at radius 3 is 2.77 bits per heavy atom. The smallest absolute Gasteiger partial charge is 0.291 e. The molecule has 7 heteroatoms. The second-order valence-electron chi connectivity index (χ2n) is 8.27. The maximum absolute atomic E-state index is 14.0. The molecule has 1 aliphatic rings. The van der Waals surface area contributed by atoms with Crippen molar-refractivity contribution in [3.05, 3.63) is 64.9 Å². The van der Waals surface area contributed by atoms with Crippen LogP contribution in [-0.4, -0.2) is 41.4 Å². The molecule has 1 fully saturated rings. The van der Waals surface area contributed by atoms with E-state index in [9.17, 15) is 5.21 Å². The van der Waals surface area contributed by atoms with Crippen molar-refractivity contribution in [2.24, 2.45) is 0 Å². The van der Waals surface area contributed by atoms with Crippen molar-refractivity contribution < 1.29 is 4.74 Å². The lowest BCUT2D eigenvalue weighted by Gasteiger charge is -2.39. The quantitative estimate of drug-likeness (QED) is 0.185. The van der Waals surface area contributed by atoms with Gasteiger partial charge in [0.1, 0.15) is 6.67 Å². The molecule has 0 N–H and O–H groups in total. The molecule has 3 aromatic rings. The van der Waals surface area contributed by atoms with Gasteiger partial charge in [-0.25, -0.2) is 4.90 Å². The summed E-state index contributed by atoms with van der Waals surface area (Å²) in [6, 6.07) is 16.0. The number of aromatic nitrogens is 1. The molecule has 1 saturated heterocycles. The molecule has 0 aliphatic carbocycles. The van der Waals surface area contributed by atoms with Gasteiger partial charge in [0.25, 0.3) is 11.4 Å². The maximum Gasteiger partial charge on any atom is 0.291 e. The zero-order chi connectivity index (χ0) is 21.8. The van der Waals surface area contributed by atoms with Crippen LogP contribution in [-0.2, 0) is 11.2 Å². The number of benzene rings is 2. The van der Waals surface area contributed by atoms with Crippen LogP contribution in [0, 0.1) is 5.21 Å². The number of nitrogens with zero attached hydrogens (tertiary/aromatic N) is 3. The van der Waals surface area contributed by atoms with Crippen molar-refractivity contribution in [3.63, 3.8) is 0 Å². The van der Waals surface area contributed by atoms with Gasteiger partial charge in [0.15, 0.2) is 5.05 Å². The van der Waals surface area contributed by atoms with Gasteiger partial charge in [-0.05, 0) is 49.8 Å². The number of ether oxygens (including phenoxy) is 1. The number of para-hydroxylation sites is 1. The molecule has 1 aliphatic heterocycles. The van der Waals surface area contributed by atoms with Gasteiger partial charge in [-0.15, -0.1) is 0 Å². The van der Waals surface area contributed by atoms with E-state index in [0.29, 0.717) is 23.4 Å². The molecule has 164 valence electrons. The minimum atomic E-state index is -0.633. The fourth-order valence-electron chi connectivity index (χ4n) is 4.10. The molecule has 0 radical (unpaired) electrons. The van der Waals surface area contributed by atoms with Gasteiger partial charge in [0, 0.05) is 5.56 Å². The Morgan fingerprint density at radius 2 is 1.97 bits per heavy atom. The van der Waals surface area contributed by atoms with Gasteiger partial charge in [-0.1, -0.05) is 73.9 Å². The highest BCUT2D eigenvalue weighted by Crippen LogP contribution is 2.37. The number of hydrogen-bond donors (Lipinski definition) is 0. The largest absolute Gasteiger partial charge is 0.622 e. The fraction of sp³-hybridized carbons (Fsp3) is 0.417. The summed E-state index contributed by atoms with van der Waals surface area (Å²) in [5.74, 6) is 0. The van der Waals surface area contributed by atoms with Crippen LogP contribution in [0.4, 0.5) is 5.13 Å². The van der Waals surface area contributed by atoms with Crippen LogP contribution in [0.2, 0.25) is 0 Å². The van der Waals surface area contributed by atoms with E-state index in [1.165, 1.54) is 36.2 Å². The standard InChI is InChI=1S/C24H29N3O2S2/c1-3-4-5-6-11-18-12-7-8-13-19(18)23(30)29-22-16-26(2)17-27(22,28)24-25-20-14-9-10-15-21(20)31-24/h7-10,12-15,22H,3-6,11,16-17H2,1-2H3. The molecule has 1 aromatic heterocycles. The number of hydroxylamine groups is 2. The number of quaternary nitrogens is 1. The number of aryl methyl sites for hydroxylation is 1. The minimum Gasteiger partial charge on any atom is -0.622 e. The molecule has 2 heterocycles. The zero-order valence-electron chi connectivity index (χ0n) is 18.1. The molecule has 5 nitrogen and oxygen atoms in total. The molecule has 31 heavy (non-hydrogen) atoms. The number of unbranched alkanes of at least 4 members (excludes halogenated alkanes) is 3. The molecule has 2 aromatic carbocycles. The lowest BCUT2D eigenvalue weighted by Crippen LogP contribution is -2.50. The Kier molecular flexibility index (Phi) is 6.99. The molecule has 2 unspecified atom stereocenters. The molecule has 0 saturated carbocycles. The van der Waals surface area contributed by atoms with Gasteiger partial charge in [-0.3, -0.25) is 4.65 Å². The number of rotatable bonds is 8. The highest BCUT2D eigenvalue weighted by molar-refractivity contribution is 7.80. The lowest BCUT2D eigenvalue weighted by molar-refractivity contribution is 0.102. The van der Waals surface area contributed by atoms with Crippen molar-refractivity contribution in [1.29, 1.82) is 0 Å². The Hall–Kier alpha value is -1.90. The lowest BCUT2D eigenvalue weighted by atomic mass is 10.0. The van der Waals surface area contributed by atoms with Crippen LogP contribution < -0.4 is 4.65 Å². The Bertz CT molecular complexity index is 1020. The summed E-state index contributed by atoms with van der Waals surface area (Å²) in [6.07, 6.45) is 5.14. The summed E-state index contributed by atoms with van der Waals surface area (Å²) < 4.78 is 6.60. The highest BCUT2D eigenvalue weighted by atomic mass is 32.1. The van der Waals surface area contributed by atoms with Gasteiger partial charge in [0.2, 0.25) is 0 Å². The first kappa shape index (κ1) is 22.3. The second kappa shape index (κ2) is 9.71. The van der Waals surface area contributed by atoms with E-state index in [-0.39, 0.29) is 0 Å². The van der Waals surface area contributed by atoms with Crippen molar-refractivity contribution in [3.8, 4) is 0 Å². The van der Waals surface area contributed by atoms with Crippen LogP contribution in [0.25, 0.3) is 10.2 Å². The van der Waals surface area contributed by atoms with Gasteiger partial charge in [-0.2, -0.15) is 4.98 Å². The summed E-state index contributed by atoms with van der Waals surface area (Å²) in [7, 11) is 1.94. The third-order valence-corrected chi connectivity index (χ3v) is 7.24. The first-order valence-corrected chi connectivity index (χ1v) is 12.2. The molecule has 4 rings (SSSR count). The molecule has 0 amide bonds. The van der Waals surface area contributed by atoms with Crippen molar-refractivity contribution in [2.75, 3.05) is 20.3 Å². The van der Waals surface area contributed by atoms with Crippen LogP contribution >= 0.6 is 23.6 Å². The van der Waals surface area contributed by atoms with Crippen molar-refractivity contribution in [1.82, 2.24) is 14.5 Å². The average molecular weight is 456 g/mol. The Labute approximate surface area is 193 Å². The van der Waals surface area contributed by atoms with Gasteiger partial charge >= 0.3 is 0 Å². The van der Waals surface area contributed by atoms with Crippen LogP contribution in [0.1, 0.15) is 43.7 Å². The van der Waals surface area contributed by atoms with E-state index in [2.05, 4.69) is 18.0 Å². The number of likely N-dealkylation sites (N-methyl/N-ethyl adjacent to an activating group) is 1. The fourth-order valence-corrected chi connectivity index (χ4v) is 5.45. The van der Waals surface area contributed by atoms with E-state index < -0.39 is 10.9 Å².